The quantitative estimate of drug-likeness (QED) is 0.729. The van der Waals surface area contributed by atoms with Crippen LogP contribution in [0.25, 0.3) is 0 Å². The molecule has 0 bridgehead atoms. The van der Waals surface area contributed by atoms with E-state index in [-0.39, 0.29) is 6.04 Å². The summed E-state index contributed by atoms with van der Waals surface area (Å²) >= 11 is 13.8. The lowest BCUT2D eigenvalue weighted by atomic mass is 10.0. The smallest absolute Gasteiger partial charge is 0.0595 e. The van der Waals surface area contributed by atoms with Gasteiger partial charge in [0.05, 0.1) is 10.0 Å². The normalized spacial score (nSPS) is 14.3. The van der Waals surface area contributed by atoms with Crippen molar-refractivity contribution in [3.63, 3.8) is 0 Å². The first-order valence-electron chi connectivity index (χ1n) is 6.36. The molecule has 0 aliphatic carbocycles. The van der Waals surface area contributed by atoms with E-state index in [1.807, 2.05) is 18.2 Å². The Kier molecular flexibility index (Phi) is 5.28. The zero-order valence-corrected chi connectivity index (χ0v) is 13.3. The topological polar surface area (TPSA) is 12.0 Å². The van der Waals surface area contributed by atoms with Crippen LogP contribution < -0.4 is 5.32 Å². The van der Waals surface area contributed by atoms with Gasteiger partial charge in [0.25, 0.3) is 0 Å². The Labute approximate surface area is 128 Å². The Balaban J connectivity index is 2.13. The first-order valence-corrected chi connectivity index (χ1v) is 7.99. The third-order valence-electron chi connectivity index (χ3n) is 3.18. The van der Waals surface area contributed by atoms with Gasteiger partial charge in [-0.25, -0.2) is 0 Å². The zero-order chi connectivity index (χ0) is 13.8. The highest BCUT2D eigenvalue weighted by molar-refractivity contribution is 7.10. The molecule has 102 valence electrons. The molecule has 0 aliphatic rings. The van der Waals surface area contributed by atoms with E-state index in [0.717, 1.165) is 6.42 Å². The number of hydrogen-bond donors (Lipinski definition) is 1. The first-order chi connectivity index (χ1) is 9.11. The fourth-order valence-corrected chi connectivity index (χ4v) is 3.15. The molecule has 0 amide bonds. The van der Waals surface area contributed by atoms with Crippen LogP contribution in [0.2, 0.25) is 10.0 Å². The summed E-state index contributed by atoms with van der Waals surface area (Å²) in [5, 5.41) is 6.96. The Morgan fingerprint density at radius 3 is 2.58 bits per heavy atom. The molecule has 0 saturated heterocycles. The molecule has 0 spiro atoms. The lowest BCUT2D eigenvalue weighted by Gasteiger charge is -2.22. The van der Waals surface area contributed by atoms with Gasteiger partial charge in [-0.05, 0) is 42.5 Å². The average Bonchev–Trinajstić information content (AvgIpc) is 2.93. The van der Waals surface area contributed by atoms with E-state index in [0.29, 0.717) is 16.1 Å². The Morgan fingerprint density at radius 1 is 1.21 bits per heavy atom. The van der Waals surface area contributed by atoms with E-state index in [9.17, 15) is 0 Å². The van der Waals surface area contributed by atoms with Crippen molar-refractivity contribution in [1.82, 2.24) is 5.32 Å². The lowest BCUT2D eigenvalue weighted by Crippen LogP contribution is -2.23. The summed E-state index contributed by atoms with van der Waals surface area (Å²) in [4.78, 5) is 1.35. The third kappa shape index (κ3) is 3.73. The molecule has 0 saturated carbocycles. The third-order valence-corrected chi connectivity index (χ3v) is 4.97. The molecule has 2 atom stereocenters. The van der Waals surface area contributed by atoms with Crippen LogP contribution in [0.1, 0.15) is 42.8 Å². The van der Waals surface area contributed by atoms with Crippen LogP contribution in [0.15, 0.2) is 35.7 Å². The van der Waals surface area contributed by atoms with E-state index in [4.69, 9.17) is 23.2 Å². The van der Waals surface area contributed by atoms with Crippen LogP contribution in [0.4, 0.5) is 0 Å². The van der Waals surface area contributed by atoms with Gasteiger partial charge in [-0.3, -0.25) is 0 Å². The molecule has 4 heteroatoms. The SMILES string of the molecule is CCC(N[C@@H](C)c1cccs1)c1ccc(Cl)c(Cl)c1. The van der Waals surface area contributed by atoms with Gasteiger partial charge in [0.1, 0.15) is 0 Å². The summed E-state index contributed by atoms with van der Waals surface area (Å²) in [6.45, 7) is 4.35. The van der Waals surface area contributed by atoms with Crippen LogP contribution in [-0.4, -0.2) is 0 Å². The summed E-state index contributed by atoms with van der Waals surface area (Å²) in [5.41, 5.74) is 1.18. The second-order valence-electron chi connectivity index (χ2n) is 4.54. The summed E-state index contributed by atoms with van der Waals surface area (Å²) in [6, 6.07) is 10.7. The Morgan fingerprint density at radius 2 is 2.00 bits per heavy atom. The van der Waals surface area contributed by atoms with Gasteiger partial charge in [0, 0.05) is 17.0 Å². The number of nitrogens with one attached hydrogen (secondary N) is 1. The maximum absolute atomic E-state index is 6.09. The maximum Gasteiger partial charge on any atom is 0.0595 e. The van der Waals surface area contributed by atoms with Crippen LogP contribution in [-0.2, 0) is 0 Å². The maximum atomic E-state index is 6.09. The van der Waals surface area contributed by atoms with E-state index in [1.165, 1.54) is 10.4 Å². The highest BCUT2D eigenvalue weighted by Gasteiger charge is 2.15. The number of halogens is 2. The van der Waals surface area contributed by atoms with E-state index in [2.05, 4.69) is 36.7 Å². The highest BCUT2D eigenvalue weighted by atomic mass is 35.5. The van der Waals surface area contributed by atoms with Crippen LogP contribution in [0.3, 0.4) is 0 Å². The van der Waals surface area contributed by atoms with Crippen molar-refractivity contribution in [2.75, 3.05) is 0 Å². The number of benzene rings is 1. The van der Waals surface area contributed by atoms with Crippen LogP contribution in [0.5, 0.6) is 0 Å². The number of thiophene rings is 1. The van der Waals surface area contributed by atoms with Crippen molar-refractivity contribution in [3.8, 4) is 0 Å². The van der Waals surface area contributed by atoms with Crippen LogP contribution >= 0.6 is 34.5 Å². The minimum Gasteiger partial charge on any atom is -0.303 e. The van der Waals surface area contributed by atoms with Crippen molar-refractivity contribution >= 4 is 34.5 Å². The predicted octanol–water partition coefficient (Wildman–Crippen LogP) is 5.86. The monoisotopic (exact) mass is 313 g/mol. The van der Waals surface area contributed by atoms with E-state index in [1.54, 1.807) is 11.3 Å². The summed E-state index contributed by atoms with van der Waals surface area (Å²) in [7, 11) is 0. The minimum absolute atomic E-state index is 0.284. The Hall–Kier alpha value is -0.540. The predicted molar refractivity (Wildman–Crippen MR) is 85.4 cm³/mol. The molecule has 2 aromatic rings. The molecule has 0 aliphatic heterocycles. The second-order valence-corrected chi connectivity index (χ2v) is 6.33. The number of hydrogen-bond acceptors (Lipinski definition) is 2. The Bertz CT molecular complexity index is 525. The zero-order valence-electron chi connectivity index (χ0n) is 11.0. The highest BCUT2D eigenvalue weighted by Crippen LogP contribution is 2.29. The molecular formula is C15H17Cl2NS. The van der Waals surface area contributed by atoms with Crippen molar-refractivity contribution in [3.05, 3.63) is 56.2 Å². The molecular weight excluding hydrogens is 297 g/mol. The molecule has 0 radical (unpaired) electrons. The second kappa shape index (κ2) is 6.76. The standard InChI is InChI=1S/C15H17Cl2NS/c1-3-14(11-6-7-12(16)13(17)9-11)18-10(2)15-5-4-8-19-15/h4-10,14,18H,3H2,1-2H3/t10-,14?/m0/s1. The van der Waals surface area contributed by atoms with E-state index < -0.39 is 0 Å². The largest absolute Gasteiger partial charge is 0.303 e. The van der Waals surface area contributed by atoms with Crippen molar-refractivity contribution in [2.24, 2.45) is 0 Å². The molecule has 1 N–H and O–H groups in total. The summed E-state index contributed by atoms with van der Waals surface area (Å²) < 4.78 is 0. The molecule has 1 unspecified atom stereocenters. The van der Waals surface area contributed by atoms with Crippen LogP contribution in [0, 0.1) is 0 Å². The molecule has 1 heterocycles. The van der Waals surface area contributed by atoms with Crippen molar-refractivity contribution < 1.29 is 0 Å². The fraction of sp³-hybridized carbons (Fsp3) is 0.333. The van der Waals surface area contributed by atoms with Crippen molar-refractivity contribution in [2.45, 2.75) is 32.4 Å². The van der Waals surface area contributed by atoms with Gasteiger partial charge in [-0.1, -0.05) is 42.3 Å². The molecule has 1 aromatic carbocycles. The fourth-order valence-electron chi connectivity index (χ4n) is 2.10. The van der Waals surface area contributed by atoms with Gasteiger partial charge in [0.15, 0.2) is 0 Å². The first kappa shape index (κ1) is 14.9. The molecule has 2 rings (SSSR count). The van der Waals surface area contributed by atoms with E-state index >= 15 is 0 Å². The summed E-state index contributed by atoms with van der Waals surface area (Å²) in [6.07, 6.45) is 1.01. The van der Waals surface area contributed by atoms with Gasteiger partial charge in [-0.2, -0.15) is 0 Å². The lowest BCUT2D eigenvalue weighted by molar-refractivity contribution is 0.460. The average molecular weight is 314 g/mol. The number of rotatable bonds is 5. The van der Waals surface area contributed by atoms with Crippen molar-refractivity contribution in [1.29, 1.82) is 0 Å². The molecule has 19 heavy (non-hydrogen) atoms. The summed E-state index contributed by atoms with van der Waals surface area (Å²) in [5.74, 6) is 0. The molecule has 1 nitrogen and oxygen atoms in total. The van der Waals surface area contributed by atoms with Gasteiger partial charge in [0.2, 0.25) is 0 Å². The molecule has 1 aromatic heterocycles. The minimum atomic E-state index is 0.284. The van der Waals surface area contributed by atoms with Gasteiger partial charge >= 0.3 is 0 Å². The van der Waals surface area contributed by atoms with Gasteiger partial charge < -0.3 is 5.32 Å². The molecule has 0 fully saturated rings. The van der Waals surface area contributed by atoms with Gasteiger partial charge in [-0.15, -0.1) is 11.3 Å².